The largest absolute Gasteiger partial charge is 0.456 e. The highest BCUT2D eigenvalue weighted by molar-refractivity contribution is 6.36. The van der Waals surface area contributed by atoms with Crippen molar-refractivity contribution in [1.29, 1.82) is 0 Å². The average Bonchev–Trinajstić information content (AvgIpc) is 3.51. The molecule has 0 radical (unpaired) electrons. The van der Waals surface area contributed by atoms with Crippen LogP contribution in [0.1, 0.15) is 31.5 Å². The molecule has 0 spiro atoms. The van der Waals surface area contributed by atoms with Crippen molar-refractivity contribution in [3.8, 4) is 22.8 Å². The van der Waals surface area contributed by atoms with Gasteiger partial charge in [0.2, 0.25) is 0 Å². The van der Waals surface area contributed by atoms with Crippen molar-refractivity contribution < 1.29 is 9.47 Å². The number of H-pyrrole nitrogens is 1. The molecular weight excluding hydrogens is 476 g/mol. The quantitative estimate of drug-likeness (QED) is 0.292. The lowest BCUT2D eigenvalue weighted by Crippen LogP contribution is -2.23. The van der Waals surface area contributed by atoms with Crippen molar-refractivity contribution in [3.05, 3.63) is 59.8 Å². The van der Waals surface area contributed by atoms with Gasteiger partial charge in [-0.2, -0.15) is 5.10 Å². The molecule has 36 heavy (non-hydrogen) atoms. The number of hydrogen-bond donors (Lipinski definition) is 1. The summed E-state index contributed by atoms with van der Waals surface area (Å²) in [4.78, 5) is 17.1. The second-order valence-electron chi connectivity index (χ2n) is 9.43. The normalized spacial score (nSPS) is 18.2. The molecule has 9 heteroatoms. The van der Waals surface area contributed by atoms with E-state index in [1.165, 1.54) is 0 Å². The summed E-state index contributed by atoms with van der Waals surface area (Å²) < 4.78 is 13.6. The molecule has 0 saturated heterocycles. The summed E-state index contributed by atoms with van der Waals surface area (Å²) >= 11 is 6.75. The zero-order valence-corrected chi connectivity index (χ0v) is 21.0. The molecule has 0 bridgehead atoms. The van der Waals surface area contributed by atoms with Crippen LogP contribution in [-0.4, -0.2) is 42.9 Å². The van der Waals surface area contributed by atoms with E-state index in [1.54, 1.807) is 13.3 Å². The van der Waals surface area contributed by atoms with E-state index in [1.807, 2.05) is 54.3 Å². The summed E-state index contributed by atoms with van der Waals surface area (Å²) in [5, 5.41) is 5.00. The molecule has 8 nitrogen and oxygen atoms in total. The molecule has 1 aliphatic rings. The van der Waals surface area contributed by atoms with Crippen LogP contribution in [0.5, 0.6) is 11.5 Å². The first kappa shape index (κ1) is 22.9. The number of benzene rings is 2. The van der Waals surface area contributed by atoms with E-state index >= 15 is 0 Å². The summed E-state index contributed by atoms with van der Waals surface area (Å²) in [6.07, 6.45) is 10.6. The van der Waals surface area contributed by atoms with Crippen LogP contribution in [-0.2, 0) is 11.3 Å². The van der Waals surface area contributed by atoms with E-state index in [-0.39, 0.29) is 0 Å². The Balaban J connectivity index is 1.23. The van der Waals surface area contributed by atoms with Crippen LogP contribution in [0.4, 0.5) is 0 Å². The molecule has 3 aromatic heterocycles. The van der Waals surface area contributed by atoms with E-state index in [0.29, 0.717) is 39.6 Å². The van der Waals surface area contributed by atoms with Crippen LogP contribution in [0.25, 0.3) is 33.3 Å². The third kappa shape index (κ3) is 4.54. The lowest BCUT2D eigenvalue weighted by molar-refractivity contribution is 0.0536. The first-order valence-corrected chi connectivity index (χ1v) is 12.6. The monoisotopic (exact) mass is 502 g/mol. The Labute approximate surface area is 213 Å². The molecule has 1 fully saturated rings. The third-order valence-corrected chi connectivity index (χ3v) is 7.28. The molecule has 184 valence electrons. The standard InChI is InChI=1S/C27H27ClN6O2/c1-16-31-21-8-7-20(11-23(21)32-16)36-25-10-9-22-27(26(25)28)33-24(13-29-22)18-12-30-34(15-18)14-17-3-5-19(35-2)6-4-17/h7-13,15,17,19H,3-6,14H2,1-2H3,(H,31,32)/t17-,19+. The SMILES string of the molecule is CO[C@H]1CC[C@@H](Cn2cc(-c3cnc4ccc(Oc5ccc6nc(C)[nH]c6c5)c(Cl)c4n3)cn2)CC1. The first-order valence-electron chi connectivity index (χ1n) is 12.2. The van der Waals surface area contributed by atoms with Gasteiger partial charge < -0.3 is 14.5 Å². The van der Waals surface area contributed by atoms with Crippen LogP contribution in [0.3, 0.4) is 0 Å². The van der Waals surface area contributed by atoms with Gasteiger partial charge in [-0.1, -0.05) is 11.6 Å². The van der Waals surface area contributed by atoms with E-state index < -0.39 is 0 Å². The Morgan fingerprint density at radius 1 is 1.06 bits per heavy atom. The fraction of sp³-hybridized carbons (Fsp3) is 0.333. The van der Waals surface area contributed by atoms with Gasteiger partial charge in [-0.25, -0.2) is 9.97 Å². The van der Waals surface area contributed by atoms with Gasteiger partial charge in [0.05, 0.1) is 40.7 Å². The number of hydrogen-bond acceptors (Lipinski definition) is 6. The van der Waals surface area contributed by atoms with Gasteiger partial charge in [0.25, 0.3) is 0 Å². The van der Waals surface area contributed by atoms with Gasteiger partial charge in [-0.15, -0.1) is 0 Å². The molecule has 1 saturated carbocycles. The molecule has 5 aromatic rings. The van der Waals surface area contributed by atoms with Gasteiger partial charge in [-0.05, 0) is 62.8 Å². The fourth-order valence-corrected chi connectivity index (χ4v) is 5.20. The Hall–Kier alpha value is -3.49. The number of methoxy groups -OCH3 is 1. The summed E-state index contributed by atoms with van der Waals surface area (Å²) in [6, 6.07) is 9.39. The van der Waals surface area contributed by atoms with Gasteiger partial charge in [0.15, 0.2) is 0 Å². The Morgan fingerprint density at radius 3 is 2.72 bits per heavy atom. The van der Waals surface area contributed by atoms with Crippen LogP contribution in [0, 0.1) is 12.8 Å². The predicted octanol–water partition coefficient (Wildman–Crippen LogP) is 6.33. The minimum atomic E-state index is 0.401. The Kier molecular flexibility index (Phi) is 6.07. The molecule has 2 aromatic carbocycles. The molecule has 0 atom stereocenters. The van der Waals surface area contributed by atoms with Crippen molar-refractivity contribution in [2.45, 2.75) is 45.3 Å². The maximum Gasteiger partial charge on any atom is 0.148 e. The van der Waals surface area contributed by atoms with Gasteiger partial charge in [0.1, 0.15) is 27.9 Å². The molecule has 1 aliphatic carbocycles. The van der Waals surface area contributed by atoms with Gasteiger partial charge >= 0.3 is 0 Å². The van der Waals surface area contributed by atoms with Crippen LogP contribution < -0.4 is 4.74 Å². The first-order chi connectivity index (χ1) is 17.6. The Morgan fingerprint density at radius 2 is 1.89 bits per heavy atom. The van der Waals surface area contributed by atoms with Crippen LogP contribution in [0.2, 0.25) is 5.02 Å². The molecule has 3 heterocycles. The molecule has 0 aliphatic heterocycles. The molecular formula is C27H27ClN6O2. The smallest absolute Gasteiger partial charge is 0.148 e. The number of aromatic nitrogens is 6. The topological polar surface area (TPSA) is 90.7 Å². The second-order valence-corrected chi connectivity index (χ2v) is 9.81. The zero-order valence-electron chi connectivity index (χ0n) is 20.2. The van der Waals surface area contributed by atoms with Crippen LogP contribution >= 0.6 is 11.6 Å². The maximum atomic E-state index is 6.75. The highest BCUT2D eigenvalue weighted by Crippen LogP contribution is 2.36. The number of nitrogens with one attached hydrogen (secondary N) is 1. The number of nitrogens with zero attached hydrogens (tertiary/aromatic N) is 5. The predicted molar refractivity (Wildman–Crippen MR) is 139 cm³/mol. The summed E-state index contributed by atoms with van der Waals surface area (Å²) in [5.74, 6) is 2.66. The number of rotatable bonds is 6. The number of imidazole rings is 1. The number of halogens is 1. The summed E-state index contributed by atoms with van der Waals surface area (Å²) in [6.45, 7) is 2.82. The average molecular weight is 503 g/mol. The van der Waals surface area contributed by atoms with Crippen molar-refractivity contribution >= 4 is 33.7 Å². The van der Waals surface area contributed by atoms with Crippen molar-refractivity contribution in [2.24, 2.45) is 5.92 Å². The van der Waals surface area contributed by atoms with Crippen molar-refractivity contribution in [3.63, 3.8) is 0 Å². The number of aromatic amines is 1. The number of fused-ring (bicyclic) bond motifs is 2. The third-order valence-electron chi connectivity index (χ3n) is 6.92. The lowest BCUT2D eigenvalue weighted by atomic mass is 9.87. The van der Waals surface area contributed by atoms with Crippen LogP contribution in [0.15, 0.2) is 48.9 Å². The number of aryl methyl sites for hydroxylation is 1. The second kappa shape index (κ2) is 9.52. The van der Waals surface area contributed by atoms with E-state index in [4.69, 9.17) is 26.1 Å². The molecule has 1 N–H and O–H groups in total. The van der Waals surface area contributed by atoms with E-state index in [2.05, 4.69) is 20.1 Å². The highest BCUT2D eigenvalue weighted by Gasteiger charge is 2.21. The minimum Gasteiger partial charge on any atom is -0.456 e. The Bertz CT molecular complexity index is 1540. The van der Waals surface area contributed by atoms with E-state index in [9.17, 15) is 0 Å². The lowest BCUT2D eigenvalue weighted by Gasteiger charge is -2.27. The molecule has 0 amide bonds. The molecule has 6 rings (SSSR count). The highest BCUT2D eigenvalue weighted by atomic mass is 35.5. The van der Waals surface area contributed by atoms with Crippen molar-refractivity contribution in [1.82, 2.24) is 29.7 Å². The summed E-state index contributed by atoms with van der Waals surface area (Å²) in [5.41, 5.74) is 4.74. The van der Waals surface area contributed by atoms with Gasteiger partial charge in [-0.3, -0.25) is 9.67 Å². The molecule has 0 unspecified atom stereocenters. The summed E-state index contributed by atoms with van der Waals surface area (Å²) in [7, 11) is 1.80. The minimum absolute atomic E-state index is 0.401. The maximum absolute atomic E-state index is 6.75. The van der Waals surface area contributed by atoms with E-state index in [0.717, 1.165) is 60.3 Å². The van der Waals surface area contributed by atoms with Crippen molar-refractivity contribution in [2.75, 3.05) is 7.11 Å². The fourth-order valence-electron chi connectivity index (χ4n) is 4.96. The van der Waals surface area contributed by atoms with Gasteiger partial charge in [0, 0.05) is 31.5 Å². The zero-order chi connectivity index (χ0) is 24.6. The number of ether oxygens (including phenoxy) is 2.